The van der Waals surface area contributed by atoms with Crippen molar-refractivity contribution >= 4 is 29.5 Å². The minimum absolute atomic E-state index is 0.0300. The van der Waals surface area contributed by atoms with E-state index < -0.39 is 17.9 Å². The molecule has 0 unspecified atom stereocenters. The van der Waals surface area contributed by atoms with Gasteiger partial charge in [0.15, 0.2) is 0 Å². The fourth-order valence-corrected chi connectivity index (χ4v) is 5.15. The van der Waals surface area contributed by atoms with E-state index in [0.29, 0.717) is 32.1 Å². The van der Waals surface area contributed by atoms with Crippen LogP contribution in [0.3, 0.4) is 0 Å². The van der Waals surface area contributed by atoms with Gasteiger partial charge in [-0.05, 0) is 59.3 Å². The molecule has 2 amide bonds. The van der Waals surface area contributed by atoms with E-state index in [9.17, 15) is 19.5 Å². The maximum atomic E-state index is 13.1. The van der Waals surface area contributed by atoms with Crippen LogP contribution in [-0.2, 0) is 19.1 Å². The fraction of sp³-hybridized carbons (Fsp3) is 0.700. The van der Waals surface area contributed by atoms with Crippen LogP contribution in [0, 0.1) is 11.8 Å². The molecule has 8 heteroatoms. The summed E-state index contributed by atoms with van der Waals surface area (Å²) in [5.74, 6) is -1.10. The van der Waals surface area contributed by atoms with Gasteiger partial charge in [0.2, 0.25) is 11.8 Å². The number of aliphatic carboxylic acids is 1. The summed E-state index contributed by atoms with van der Waals surface area (Å²) in [7, 11) is 0. The second-order valence-electron chi connectivity index (χ2n) is 10.6. The molecule has 1 aliphatic rings. The number of ether oxygens (including phenoxy) is 1. The van der Waals surface area contributed by atoms with E-state index >= 15 is 0 Å². The molecule has 1 heterocycles. The maximum Gasteiger partial charge on any atom is 0.327 e. The summed E-state index contributed by atoms with van der Waals surface area (Å²) >= 11 is 1.49. The molecule has 216 valence electrons. The Morgan fingerprint density at radius 2 is 1.61 bits per heavy atom. The SMILES string of the molecule is CC[C@H](C)[C@H](CC(=O)N1CCOCC1)C(=O)N[C@@H](CSC/C=C(\C)CC/C=C(\C)CCC=C(C)C)C(=O)O. The Kier molecular flexibility index (Phi) is 17.0. The number of hydrogen-bond acceptors (Lipinski definition) is 5. The number of hydrogen-bond donors (Lipinski definition) is 2. The normalized spacial score (nSPS) is 16.9. The molecule has 0 aromatic heterocycles. The Balaban J connectivity index is 2.55. The Hall–Kier alpha value is -2.06. The standard InChI is InChI=1S/C30H50N2O5S/c1-7-25(6)26(20-28(33)32-15-17-37-18-16-32)29(34)31-27(30(35)36)21-38-19-14-24(5)13-9-12-23(4)11-8-10-22(2)3/h10,12,14,25-27H,7-9,11,13,15-21H2,1-6H3,(H,31,34)(H,35,36)/b23-12+,24-14+/t25-,26-,27-/m0/s1. The number of morpholine rings is 1. The molecule has 0 radical (unpaired) electrons. The van der Waals surface area contributed by atoms with Crippen LogP contribution in [0.1, 0.15) is 80.1 Å². The number of nitrogens with zero attached hydrogens (tertiary/aromatic N) is 1. The zero-order chi connectivity index (χ0) is 28.5. The third kappa shape index (κ3) is 14.2. The summed E-state index contributed by atoms with van der Waals surface area (Å²) in [5.41, 5.74) is 4.04. The van der Waals surface area contributed by atoms with Crippen LogP contribution >= 0.6 is 11.8 Å². The van der Waals surface area contributed by atoms with Crippen LogP contribution in [0.25, 0.3) is 0 Å². The molecule has 0 saturated carbocycles. The third-order valence-electron chi connectivity index (χ3n) is 7.00. The highest BCUT2D eigenvalue weighted by Crippen LogP contribution is 2.22. The second kappa shape index (κ2) is 19.1. The highest BCUT2D eigenvalue weighted by atomic mass is 32.2. The molecule has 2 N–H and O–H groups in total. The first kappa shape index (κ1) is 34.0. The molecular weight excluding hydrogens is 500 g/mol. The Bertz CT molecular complexity index is 842. The number of carbonyl (C=O) groups is 3. The summed E-state index contributed by atoms with van der Waals surface area (Å²) in [4.78, 5) is 39.5. The average Bonchev–Trinajstić information content (AvgIpc) is 2.88. The summed E-state index contributed by atoms with van der Waals surface area (Å²) in [6, 6.07) is -0.988. The summed E-state index contributed by atoms with van der Waals surface area (Å²) in [5, 5.41) is 12.4. The largest absolute Gasteiger partial charge is 0.480 e. The van der Waals surface area contributed by atoms with Crippen molar-refractivity contribution in [3.63, 3.8) is 0 Å². The zero-order valence-electron chi connectivity index (χ0n) is 24.4. The lowest BCUT2D eigenvalue weighted by Crippen LogP contribution is -2.48. The monoisotopic (exact) mass is 550 g/mol. The van der Waals surface area contributed by atoms with Crippen LogP contribution in [0.2, 0.25) is 0 Å². The Morgan fingerprint density at radius 1 is 1.00 bits per heavy atom. The van der Waals surface area contributed by atoms with E-state index in [2.05, 4.69) is 51.2 Å². The highest BCUT2D eigenvalue weighted by molar-refractivity contribution is 7.99. The van der Waals surface area contributed by atoms with Crippen molar-refractivity contribution in [1.29, 1.82) is 0 Å². The van der Waals surface area contributed by atoms with E-state index in [-0.39, 0.29) is 29.9 Å². The summed E-state index contributed by atoms with van der Waals surface area (Å²) in [6.45, 7) is 14.5. The van der Waals surface area contributed by atoms with E-state index in [4.69, 9.17) is 4.74 Å². The first-order valence-corrected chi connectivity index (χ1v) is 15.1. The van der Waals surface area contributed by atoms with Crippen LogP contribution in [0.5, 0.6) is 0 Å². The van der Waals surface area contributed by atoms with Gasteiger partial charge in [0.05, 0.1) is 13.2 Å². The van der Waals surface area contributed by atoms with Crippen molar-refractivity contribution in [1.82, 2.24) is 10.2 Å². The fourth-order valence-electron chi connectivity index (χ4n) is 4.15. The van der Waals surface area contributed by atoms with Crippen LogP contribution in [0.4, 0.5) is 0 Å². The summed E-state index contributed by atoms with van der Waals surface area (Å²) < 4.78 is 5.31. The van der Waals surface area contributed by atoms with Crippen molar-refractivity contribution in [2.24, 2.45) is 11.8 Å². The molecule has 7 nitrogen and oxygen atoms in total. The Labute approximate surface area is 234 Å². The number of thioether (sulfide) groups is 1. The Morgan fingerprint density at radius 3 is 2.18 bits per heavy atom. The lowest BCUT2D eigenvalue weighted by atomic mass is 9.87. The predicted molar refractivity (Wildman–Crippen MR) is 157 cm³/mol. The molecule has 0 aromatic rings. The number of nitrogens with one attached hydrogen (secondary N) is 1. The van der Waals surface area contributed by atoms with Gasteiger partial charge in [0.25, 0.3) is 0 Å². The average molecular weight is 551 g/mol. The number of carbonyl (C=O) groups excluding carboxylic acids is 2. The van der Waals surface area contributed by atoms with Crippen molar-refractivity contribution < 1.29 is 24.2 Å². The maximum absolute atomic E-state index is 13.1. The lowest BCUT2D eigenvalue weighted by molar-refractivity contribution is -0.143. The lowest BCUT2D eigenvalue weighted by Gasteiger charge is -2.30. The highest BCUT2D eigenvalue weighted by Gasteiger charge is 2.32. The number of amides is 2. The molecular formula is C30H50N2O5S. The molecule has 0 spiro atoms. The zero-order valence-corrected chi connectivity index (χ0v) is 25.2. The van der Waals surface area contributed by atoms with Crippen LogP contribution in [-0.4, -0.2) is 71.6 Å². The molecule has 1 saturated heterocycles. The van der Waals surface area contributed by atoms with E-state index in [1.165, 1.54) is 28.5 Å². The second-order valence-corrected chi connectivity index (χ2v) is 11.7. The number of rotatable bonds is 17. The molecule has 0 bridgehead atoms. The first-order chi connectivity index (χ1) is 18.0. The molecule has 1 fully saturated rings. The summed E-state index contributed by atoms with van der Waals surface area (Å²) in [6.07, 6.45) is 11.7. The smallest absolute Gasteiger partial charge is 0.327 e. The third-order valence-corrected chi connectivity index (χ3v) is 7.97. The van der Waals surface area contributed by atoms with Crippen molar-refractivity contribution in [2.75, 3.05) is 37.8 Å². The molecule has 0 aromatic carbocycles. The van der Waals surface area contributed by atoms with Gasteiger partial charge in [-0.25, -0.2) is 4.79 Å². The number of carboxylic acid groups (broad SMARTS) is 1. The number of carboxylic acids is 1. The van der Waals surface area contributed by atoms with E-state index in [1.807, 2.05) is 13.8 Å². The van der Waals surface area contributed by atoms with Crippen molar-refractivity contribution in [3.8, 4) is 0 Å². The van der Waals surface area contributed by atoms with Gasteiger partial charge in [0.1, 0.15) is 6.04 Å². The van der Waals surface area contributed by atoms with E-state index in [0.717, 1.165) is 32.1 Å². The van der Waals surface area contributed by atoms with Gasteiger partial charge in [-0.15, -0.1) is 0 Å². The van der Waals surface area contributed by atoms with Gasteiger partial charge in [-0.1, -0.05) is 55.2 Å². The van der Waals surface area contributed by atoms with Gasteiger partial charge in [-0.3, -0.25) is 9.59 Å². The predicted octanol–water partition coefficient (Wildman–Crippen LogP) is 5.62. The quantitative estimate of drug-likeness (QED) is 0.180. The van der Waals surface area contributed by atoms with Gasteiger partial charge in [-0.2, -0.15) is 11.8 Å². The van der Waals surface area contributed by atoms with Gasteiger partial charge in [0, 0.05) is 36.9 Å². The molecule has 1 aliphatic heterocycles. The van der Waals surface area contributed by atoms with E-state index in [1.54, 1.807) is 4.90 Å². The molecule has 1 rings (SSSR count). The van der Waals surface area contributed by atoms with Crippen LogP contribution in [0.15, 0.2) is 34.9 Å². The molecule has 3 atom stereocenters. The topological polar surface area (TPSA) is 95.9 Å². The number of allylic oxidation sites excluding steroid dienone is 5. The molecule has 0 aliphatic carbocycles. The van der Waals surface area contributed by atoms with Gasteiger partial charge >= 0.3 is 5.97 Å². The minimum Gasteiger partial charge on any atom is -0.480 e. The minimum atomic E-state index is -1.05. The van der Waals surface area contributed by atoms with Crippen molar-refractivity contribution in [3.05, 3.63) is 34.9 Å². The molecule has 38 heavy (non-hydrogen) atoms. The van der Waals surface area contributed by atoms with Gasteiger partial charge < -0.3 is 20.1 Å². The van der Waals surface area contributed by atoms with Crippen LogP contribution < -0.4 is 5.32 Å². The first-order valence-electron chi connectivity index (χ1n) is 14.0. The van der Waals surface area contributed by atoms with Crippen molar-refractivity contribution in [2.45, 2.75) is 86.1 Å².